The molecule has 112 valence electrons. The lowest BCUT2D eigenvalue weighted by atomic mass is 10.1. The Labute approximate surface area is 134 Å². The molecule has 3 rings (SSSR count). The molecule has 0 unspecified atom stereocenters. The molecule has 0 saturated heterocycles. The molecule has 22 heavy (non-hydrogen) atoms. The molecule has 0 N–H and O–H groups in total. The summed E-state index contributed by atoms with van der Waals surface area (Å²) in [4.78, 5) is 11.6. The van der Waals surface area contributed by atoms with Crippen LogP contribution in [0.25, 0.3) is 11.0 Å². The van der Waals surface area contributed by atoms with Gasteiger partial charge in [0, 0.05) is 21.5 Å². The first-order chi connectivity index (χ1) is 10.5. The molecule has 3 aromatic rings. The number of fused-ring (bicyclic) bond motifs is 1. The van der Waals surface area contributed by atoms with Gasteiger partial charge in [0.1, 0.15) is 12.2 Å². The van der Waals surface area contributed by atoms with Crippen LogP contribution >= 0.6 is 15.9 Å². The summed E-state index contributed by atoms with van der Waals surface area (Å²) in [5, 5.41) is 0.780. The third-order valence-electron chi connectivity index (χ3n) is 3.26. The minimum absolute atomic E-state index is 0.0870. The fourth-order valence-electron chi connectivity index (χ4n) is 2.20. The van der Waals surface area contributed by atoms with Crippen LogP contribution in [0.1, 0.15) is 11.1 Å². The number of rotatable bonds is 3. The predicted octanol–water partition coefficient (Wildman–Crippen LogP) is 4.58. The Bertz CT molecular complexity index is 902. The minimum Gasteiger partial charge on any atom is -0.486 e. The fraction of sp³-hybridized carbons (Fsp3) is 0.118. The van der Waals surface area contributed by atoms with Crippen LogP contribution in [0.2, 0.25) is 0 Å². The second-order valence-corrected chi connectivity index (χ2v) is 5.87. The van der Waals surface area contributed by atoms with Crippen LogP contribution in [0.3, 0.4) is 0 Å². The van der Waals surface area contributed by atoms with E-state index in [-0.39, 0.29) is 12.4 Å². The van der Waals surface area contributed by atoms with Gasteiger partial charge in [-0.1, -0.05) is 28.1 Å². The maximum absolute atomic E-state index is 13.8. The van der Waals surface area contributed by atoms with Gasteiger partial charge in [-0.05, 0) is 36.8 Å². The first-order valence-electron chi connectivity index (χ1n) is 6.64. The molecule has 5 heteroatoms. The van der Waals surface area contributed by atoms with Crippen molar-refractivity contribution in [2.75, 3.05) is 0 Å². The highest BCUT2D eigenvalue weighted by atomic mass is 79.9. The van der Waals surface area contributed by atoms with E-state index in [2.05, 4.69) is 15.9 Å². The lowest BCUT2D eigenvalue weighted by molar-refractivity contribution is 0.290. The molecular formula is C17H12BrFO3. The largest absolute Gasteiger partial charge is 0.486 e. The van der Waals surface area contributed by atoms with Crippen molar-refractivity contribution in [1.29, 1.82) is 0 Å². The Morgan fingerprint density at radius 2 is 2.00 bits per heavy atom. The van der Waals surface area contributed by atoms with Crippen LogP contribution in [0.15, 0.2) is 56.1 Å². The van der Waals surface area contributed by atoms with E-state index in [1.165, 1.54) is 18.2 Å². The van der Waals surface area contributed by atoms with Gasteiger partial charge < -0.3 is 9.15 Å². The Hall–Kier alpha value is -2.14. The van der Waals surface area contributed by atoms with Crippen LogP contribution in [0.5, 0.6) is 5.75 Å². The van der Waals surface area contributed by atoms with Gasteiger partial charge in [-0.3, -0.25) is 0 Å². The first kappa shape index (κ1) is 14.8. The number of aryl methyl sites for hydroxylation is 1. The third-order valence-corrected chi connectivity index (χ3v) is 3.76. The predicted molar refractivity (Wildman–Crippen MR) is 85.7 cm³/mol. The quantitative estimate of drug-likeness (QED) is 0.640. The van der Waals surface area contributed by atoms with Crippen molar-refractivity contribution < 1.29 is 13.5 Å². The summed E-state index contributed by atoms with van der Waals surface area (Å²) in [5.74, 6) is -0.325. The highest BCUT2D eigenvalue weighted by molar-refractivity contribution is 9.10. The van der Waals surface area contributed by atoms with E-state index in [1.807, 2.05) is 19.1 Å². The van der Waals surface area contributed by atoms with Crippen molar-refractivity contribution >= 4 is 26.9 Å². The number of benzene rings is 2. The van der Waals surface area contributed by atoms with Crippen LogP contribution in [-0.2, 0) is 6.61 Å². The van der Waals surface area contributed by atoms with Gasteiger partial charge in [0.25, 0.3) is 0 Å². The van der Waals surface area contributed by atoms with Gasteiger partial charge in [-0.2, -0.15) is 0 Å². The van der Waals surface area contributed by atoms with Gasteiger partial charge in [0.05, 0.1) is 0 Å². The summed E-state index contributed by atoms with van der Waals surface area (Å²) >= 11 is 3.19. The van der Waals surface area contributed by atoms with Crippen LogP contribution in [0, 0.1) is 12.7 Å². The highest BCUT2D eigenvalue weighted by Crippen LogP contribution is 2.24. The van der Waals surface area contributed by atoms with Crippen LogP contribution in [-0.4, -0.2) is 0 Å². The molecule has 0 aliphatic rings. The SMILES string of the molecule is Cc1ccc2c(COc3ccc(Br)cc3F)cc(=O)oc2c1. The minimum atomic E-state index is -0.461. The van der Waals surface area contributed by atoms with E-state index in [0.717, 1.165) is 10.9 Å². The fourth-order valence-corrected chi connectivity index (χ4v) is 2.54. The normalized spacial score (nSPS) is 10.9. The summed E-state index contributed by atoms with van der Waals surface area (Å²) in [6.45, 7) is 2.00. The van der Waals surface area contributed by atoms with Crippen molar-refractivity contribution in [1.82, 2.24) is 0 Å². The zero-order chi connectivity index (χ0) is 15.7. The molecule has 2 aromatic carbocycles. The monoisotopic (exact) mass is 362 g/mol. The molecule has 0 spiro atoms. The van der Waals surface area contributed by atoms with Gasteiger partial charge in [0.2, 0.25) is 0 Å². The molecular weight excluding hydrogens is 351 g/mol. The lowest BCUT2D eigenvalue weighted by Gasteiger charge is -2.09. The molecule has 0 bridgehead atoms. The Morgan fingerprint density at radius 3 is 2.77 bits per heavy atom. The molecule has 3 nitrogen and oxygen atoms in total. The zero-order valence-corrected chi connectivity index (χ0v) is 13.3. The second-order valence-electron chi connectivity index (χ2n) is 4.95. The maximum atomic E-state index is 13.8. The van der Waals surface area contributed by atoms with Gasteiger partial charge in [0.15, 0.2) is 11.6 Å². The summed E-state index contributed by atoms with van der Waals surface area (Å²) in [6.07, 6.45) is 0. The van der Waals surface area contributed by atoms with Crippen LogP contribution in [0.4, 0.5) is 4.39 Å². The third kappa shape index (κ3) is 3.04. The van der Waals surface area contributed by atoms with Gasteiger partial charge in [-0.15, -0.1) is 0 Å². The summed E-state index contributed by atoms with van der Waals surface area (Å²) < 4.78 is 25.1. The topological polar surface area (TPSA) is 39.4 Å². The second kappa shape index (κ2) is 5.93. The van der Waals surface area contributed by atoms with E-state index in [0.29, 0.717) is 15.6 Å². The summed E-state index contributed by atoms with van der Waals surface area (Å²) in [6, 6.07) is 11.5. The summed E-state index contributed by atoms with van der Waals surface area (Å²) in [7, 11) is 0. The average Bonchev–Trinajstić information content (AvgIpc) is 2.45. The first-order valence-corrected chi connectivity index (χ1v) is 7.43. The molecule has 0 atom stereocenters. The smallest absolute Gasteiger partial charge is 0.336 e. The molecule has 0 aliphatic carbocycles. The molecule has 0 amide bonds. The lowest BCUT2D eigenvalue weighted by Crippen LogP contribution is -2.04. The van der Waals surface area contributed by atoms with Crippen molar-refractivity contribution in [3.05, 3.63) is 74.3 Å². The molecule has 0 aliphatic heterocycles. The van der Waals surface area contributed by atoms with Crippen molar-refractivity contribution in [2.45, 2.75) is 13.5 Å². The van der Waals surface area contributed by atoms with Crippen molar-refractivity contribution in [2.24, 2.45) is 0 Å². The van der Waals surface area contributed by atoms with E-state index in [1.54, 1.807) is 12.1 Å². The average molecular weight is 363 g/mol. The Balaban J connectivity index is 1.95. The standard InChI is InChI=1S/C17H12BrFO3/c1-10-2-4-13-11(7-17(20)22-16(13)6-10)9-21-15-5-3-12(18)8-14(15)19/h2-8H,9H2,1H3. The Kier molecular flexibility index (Phi) is 3.98. The molecule has 0 fully saturated rings. The van der Waals surface area contributed by atoms with E-state index in [4.69, 9.17) is 9.15 Å². The molecule has 1 heterocycles. The molecule has 1 aromatic heterocycles. The highest BCUT2D eigenvalue weighted by Gasteiger charge is 2.09. The molecule has 0 saturated carbocycles. The van der Waals surface area contributed by atoms with Crippen molar-refractivity contribution in [3.63, 3.8) is 0 Å². The van der Waals surface area contributed by atoms with Crippen molar-refractivity contribution in [3.8, 4) is 5.75 Å². The number of halogens is 2. The number of hydrogen-bond acceptors (Lipinski definition) is 3. The van der Waals surface area contributed by atoms with E-state index >= 15 is 0 Å². The van der Waals surface area contributed by atoms with Crippen LogP contribution < -0.4 is 10.4 Å². The van der Waals surface area contributed by atoms with Gasteiger partial charge >= 0.3 is 5.63 Å². The molecule has 0 radical (unpaired) electrons. The number of ether oxygens (including phenoxy) is 1. The number of hydrogen-bond donors (Lipinski definition) is 0. The zero-order valence-electron chi connectivity index (χ0n) is 11.7. The van der Waals surface area contributed by atoms with Gasteiger partial charge in [-0.25, -0.2) is 9.18 Å². The van der Waals surface area contributed by atoms with E-state index < -0.39 is 11.4 Å². The van der Waals surface area contributed by atoms with E-state index in [9.17, 15) is 9.18 Å². The summed E-state index contributed by atoms with van der Waals surface area (Å²) in [5.41, 5.74) is 1.71. The Morgan fingerprint density at radius 1 is 1.18 bits per heavy atom. The maximum Gasteiger partial charge on any atom is 0.336 e.